The Morgan fingerprint density at radius 2 is 2.25 bits per heavy atom. The van der Waals surface area contributed by atoms with Gasteiger partial charge in [-0.15, -0.1) is 0 Å². The van der Waals surface area contributed by atoms with E-state index in [1.54, 1.807) is 6.20 Å². The zero-order valence-corrected chi connectivity index (χ0v) is 11.9. The van der Waals surface area contributed by atoms with Crippen molar-refractivity contribution in [1.82, 2.24) is 4.98 Å². The molecular weight excluding hydrogens is 270 g/mol. The Kier molecular flexibility index (Phi) is 3.97. The van der Waals surface area contributed by atoms with Gasteiger partial charge in [-0.3, -0.25) is 4.79 Å². The van der Waals surface area contributed by atoms with Gasteiger partial charge >= 0.3 is 5.16 Å². The summed E-state index contributed by atoms with van der Waals surface area (Å²) in [5.41, 5.74) is 2.33. The van der Waals surface area contributed by atoms with E-state index in [-0.39, 0.29) is 5.91 Å². The molecule has 0 saturated carbocycles. The topological polar surface area (TPSA) is 47.3 Å². The molecular formula is C15H16N3OS+. The first-order chi connectivity index (χ1) is 9.84. The molecule has 5 heteroatoms. The van der Waals surface area contributed by atoms with Gasteiger partial charge in [-0.05, 0) is 41.2 Å². The van der Waals surface area contributed by atoms with Gasteiger partial charge in [0.05, 0.1) is 11.9 Å². The van der Waals surface area contributed by atoms with Crippen LogP contribution in [0, 0.1) is 0 Å². The number of amides is 1. The van der Waals surface area contributed by atoms with Crippen molar-refractivity contribution < 1.29 is 9.78 Å². The van der Waals surface area contributed by atoms with E-state index in [1.807, 2.05) is 35.4 Å². The first kappa shape index (κ1) is 13.1. The van der Waals surface area contributed by atoms with Gasteiger partial charge in [-0.1, -0.05) is 18.2 Å². The van der Waals surface area contributed by atoms with Crippen LogP contribution in [0.4, 0.5) is 5.69 Å². The molecule has 0 spiro atoms. The second-order valence-electron chi connectivity index (χ2n) is 4.65. The predicted octanol–water partition coefficient (Wildman–Crippen LogP) is 1.97. The highest BCUT2D eigenvalue weighted by molar-refractivity contribution is 7.99. The molecule has 1 amide bonds. The summed E-state index contributed by atoms with van der Waals surface area (Å²) in [7, 11) is 0. The number of para-hydroxylation sites is 1. The zero-order chi connectivity index (χ0) is 13.8. The molecule has 0 atom stereocenters. The Morgan fingerprint density at radius 3 is 3.10 bits per heavy atom. The number of thioether (sulfide) groups is 1. The van der Waals surface area contributed by atoms with Crippen LogP contribution in [0.3, 0.4) is 0 Å². The van der Waals surface area contributed by atoms with Crippen molar-refractivity contribution in [2.24, 2.45) is 0 Å². The standard InChI is InChI=1S/C15H15N3OS/c19-14(11-20-15-16-8-4-9-17-15)18-10-3-6-12-5-1-2-7-13(12)18/h1-2,4-5,7-9H,3,6,10-11H2/p+1. The molecule has 1 N–H and O–H groups in total. The fourth-order valence-electron chi connectivity index (χ4n) is 2.39. The highest BCUT2D eigenvalue weighted by atomic mass is 32.2. The third kappa shape index (κ3) is 2.82. The van der Waals surface area contributed by atoms with E-state index in [0.29, 0.717) is 5.75 Å². The van der Waals surface area contributed by atoms with Crippen LogP contribution in [0.25, 0.3) is 0 Å². The van der Waals surface area contributed by atoms with E-state index in [0.717, 1.165) is 30.2 Å². The molecule has 3 rings (SSSR count). The van der Waals surface area contributed by atoms with Crippen LogP contribution >= 0.6 is 11.8 Å². The van der Waals surface area contributed by atoms with Crippen molar-refractivity contribution in [3.05, 3.63) is 48.3 Å². The van der Waals surface area contributed by atoms with Crippen molar-refractivity contribution in [2.75, 3.05) is 17.2 Å². The maximum absolute atomic E-state index is 12.4. The van der Waals surface area contributed by atoms with Gasteiger partial charge < -0.3 is 4.90 Å². The highest BCUT2D eigenvalue weighted by Gasteiger charge is 2.22. The molecule has 20 heavy (non-hydrogen) atoms. The first-order valence-corrected chi connectivity index (χ1v) is 7.67. The minimum atomic E-state index is 0.140. The molecule has 2 heterocycles. The average Bonchev–Trinajstić information content (AvgIpc) is 2.53. The van der Waals surface area contributed by atoms with Crippen molar-refractivity contribution in [3.8, 4) is 0 Å². The number of carbonyl (C=O) groups excluding carboxylic acids is 1. The second kappa shape index (κ2) is 6.05. The summed E-state index contributed by atoms with van der Waals surface area (Å²) in [4.78, 5) is 21.5. The molecule has 1 aliphatic rings. The normalized spacial score (nSPS) is 13.9. The number of benzene rings is 1. The molecule has 0 radical (unpaired) electrons. The molecule has 0 bridgehead atoms. The van der Waals surface area contributed by atoms with Crippen LogP contribution in [-0.4, -0.2) is 23.2 Å². The lowest BCUT2D eigenvalue weighted by molar-refractivity contribution is -0.433. The van der Waals surface area contributed by atoms with Crippen molar-refractivity contribution in [2.45, 2.75) is 18.0 Å². The van der Waals surface area contributed by atoms with Crippen molar-refractivity contribution in [3.63, 3.8) is 0 Å². The SMILES string of the molecule is O=C(CSc1nccc[nH+]1)N1CCCc2ccccc21. The van der Waals surface area contributed by atoms with Gasteiger partial charge in [0, 0.05) is 18.3 Å². The van der Waals surface area contributed by atoms with Crippen LogP contribution in [0.5, 0.6) is 0 Å². The monoisotopic (exact) mass is 286 g/mol. The highest BCUT2D eigenvalue weighted by Crippen LogP contribution is 2.27. The van der Waals surface area contributed by atoms with E-state index >= 15 is 0 Å². The molecule has 2 aromatic rings. The molecule has 0 aliphatic carbocycles. The van der Waals surface area contributed by atoms with Gasteiger partial charge in [0.2, 0.25) is 5.91 Å². The largest absolute Gasteiger partial charge is 0.357 e. The summed E-state index contributed by atoms with van der Waals surface area (Å²) in [5.74, 6) is 0.545. The summed E-state index contributed by atoms with van der Waals surface area (Å²) in [6.45, 7) is 0.808. The van der Waals surface area contributed by atoms with E-state index in [2.05, 4.69) is 16.0 Å². The Morgan fingerprint density at radius 1 is 1.35 bits per heavy atom. The number of fused-ring (bicyclic) bond motifs is 1. The maximum Gasteiger partial charge on any atom is 0.357 e. The molecule has 1 aromatic heterocycles. The Hall–Kier alpha value is -1.88. The summed E-state index contributed by atoms with van der Waals surface area (Å²) in [6.07, 6.45) is 5.62. The van der Waals surface area contributed by atoms with Gasteiger partial charge in [0.25, 0.3) is 0 Å². The van der Waals surface area contributed by atoms with Crippen LogP contribution in [0.1, 0.15) is 12.0 Å². The van der Waals surface area contributed by atoms with E-state index in [9.17, 15) is 4.79 Å². The summed E-state index contributed by atoms with van der Waals surface area (Å²) < 4.78 is 0. The van der Waals surface area contributed by atoms with Gasteiger partial charge in [-0.25, -0.2) is 4.98 Å². The number of rotatable bonds is 3. The molecule has 0 saturated heterocycles. The first-order valence-electron chi connectivity index (χ1n) is 6.68. The molecule has 4 nitrogen and oxygen atoms in total. The zero-order valence-electron chi connectivity index (χ0n) is 11.1. The minimum Gasteiger partial charge on any atom is -0.311 e. The number of carbonyl (C=O) groups is 1. The lowest BCUT2D eigenvalue weighted by Crippen LogP contribution is -2.36. The number of aromatic nitrogens is 2. The second-order valence-corrected chi connectivity index (χ2v) is 5.62. The van der Waals surface area contributed by atoms with E-state index < -0.39 is 0 Å². The number of H-pyrrole nitrogens is 1. The lowest BCUT2D eigenvalue weighted by Gasteiger charge is -2.29. The fourth-order valence-corrected chi connectivity index (χ4v) is 3.09. The van der Waals surface area contributed by atoms with Gasteiger partial charge in [0.1, 0.15) is 6.20 Å². The number of nitrogens with zero attached hydrogens (tertiary/aromatic N) is 2. The van der Waals surface area contributed by atoms with Crippen molar-refractivity contribution >= 4 is 23.4 Å². The molecule has 102 valence electrons. The lowest BCUT2D eigenvalue weighted by atomic mass is 10.0. The number of aromatic amines is 1. The molecule has 0 fully saturated rings. The van der Waals surface area contributed by atoms with E-state index in [1.165, 1.54) is 17.3 Å². The van der Waals surface area contributed by atoms with Gasteiger partial charge in [-0.2, -0.15) is 0 Å². The fraction of sp³-hybridized carbons (Fsp3) is 0.267. The number of aryl methyl sites for hydroxylation is 1. The minimum absolute atomic E-state index is 0.140. The molecule has 0 unspecified atom stereocenters. The summed E-state index contributed by atoms with van der Waals surface area (Å²) >= 11 is 1.44. The van der Waals surface area contributed by atoms with Crippen LogP contribution in [0.2, 0.25) is 0 Å². The number of hydrogen-bond donors (Lipinski definition) is 0. The average molecular weight is 286 g/mol. The number of nitrogens with one attached hydrogen (secondary N) is 1. The van der Waals surface area contributed by atoms with Crippen LogP contribution < -0.4 is 9.88 Å². The summed E-state index contributed by atoms with van der Waals surface area (Å²) in [5, 5.41) is 0.770. The predicted molar refractivity (Wildman–Crippen MR) is 78.6 cm³/mol. The summed E-state index contributed by atoms with van der Waals surface area (Å²) in [6, 6.07) is 9.99. The van der Waals surface area contributed by atoms with E-state index in [4.69, 9.17) is 0 Å². The Balaban J connectivity index is 1.69. The number of hydrogen-bond acceptors (Lipinski definition) is 3. The van der Waals surface area contributed by atoms with Crippen LogP contribution in [0.15, 0.2) is 47.9 Å². The van der Waals surface area contributed by atoms with Crippen molar-refractivity contribution in [1.29, 1.82) is 0 Å². The smallest absolute Gasteiger partial charge is 0.311 e. The quantitative estimate of drug-likeness (QED) is 0.640. The number of anilines is 1. The Labute approximate surface area is 122 Å². The maximum atomic E-state index is 12.4. The van der Waals surface area contributed by atoms with Crippen LogP contribution in [-0.2, 0) is 11.2 Å². The third-order valence-electron chi connectivity index (χ3n) is 3.32. The van der Waals surface area contributed by atoms with Gasteiger partial charge in [0.15, 0.2) is 0 Å². The molecule has 1 aliphatic heterocycles. The molecule has 1 aromatic carbocycles. The third-order valence-corrected chi connectivity index (χ3v) is 4.21. The Bertz CT molecular complexity index is 603.